The highest BCUT2D eigenvalue weighted by Gasteiger charge is 2.07. The summed E-state index contributed by atoms with van der Waals surface area (Å²) in [4.78, 5) is 14.8. The third-order valence-corrected chi connectivity index (χ3v) is 2.49. The quantitative estimate of drug-likeness (QED) is 0.814. The van der Waals surface area contributed by atoms with E-state index in [1.807, 2.05) is 12.1 Å². The highest BCUT2D eigenvalue weighted by Crippen LogP contribution is 2.14. The van der Waals surface area contributed by atoms with Gasteiger partial charge in [-0.05, 0) is 24.3 Å². The maximum Gasteiger partial charge on any atom is 0.335 e. The Kier molecular flexibility index (Phi) is 3.84. The number of furan rings is 1. The van der Waals surface area contributed by atoms with E-state index in [0.29, 0.717) is 18.8 Å². The Balaban J connectivity index is 1.98. The van der Waals surface area contributed by atoms with E-state index in [0.717, 1.165) is 5.76 Å². The number of aromatic nitrogens is 1. The van der Waals surface area contributed by atoms with Crippen molar-refractivity contribution in [1.29, 1.82) is 0 Å². The van der Waals surface area contributed by atoms with E-state index in [1.54, 1.807) is 6.26 Å². The Morgan fingerprint density at radius 1 is 1.50 bits per heavy atom. The fourth-order valence-electron chi connectivity index (χ4n) is 1.48. The third kappa shape index (κ3) is 3.24. The van der Waals surface area contributed by atoms with Crippen molar-refractivity contribution in [2.75, 3.05) is 11.9 Å². The van der Waals surface area contributed by atoms with Crippen LogP contribution in [-0.2, 0) is 6.42 Å². The number of nitrogens with one attached hydrogen (secondary N) is 1. The van der Waals surface area contributed by atoms with Gasteiger partial charge in [0.1, 0.15) is 16.7 Å². The molecule has 0 aliphatic heterocycles. The number of nitrogens with zero attached hydrogens (tertiary/aromatic N) is 1. The zero-order valence-corrected chi connectivity index (χ0v) is 10.1. The molecule has 5 nitrogen and oxygen atoms in total. The summed E-state index contributed by atoms with van der Waals surface area (Å²) in [5.41, 5.74) is 0.107. The first kappa shape index (κ1) is 12.4. The lowest BCUT2D eigenvalue weighted by Crippen LogP contribution is -2.07. The lowest BCUT2D eigenvalue weighted by atomic mass is 10.2. The zero-order chi connectivity index (χ0) is 13.0. The molecule has 0 aromatic carbocycles. The van der Waals surface area contributed by atoms with E-state index in [1.165, 1.54) is 12.1 Å². The van der Waals surface area contributed by atoms with Gasteiger partial charge in [-0.2, -0.15) is 0 Å². The van der Waals surface area contributed by atoms with Crippen molar-refractivity contribution in [1.82, 2.24) is 4.98 Å². The van der Waals surface area contributed by atoms with Crippen molar-refractivity contribution in [3.8, 4) is 0 Å². The van der Waals surface area contributed by atoms with E-state index in [4.69, 9.17) is 21.1 Å². The summed E-state index contributed by atoms with van der Waals surface area (Å²) >= 11 is 5.74. The molecule has 0 aliphatic rings. The lowest BCUT2D eigenvalue weighted by molar-refractivity contribution is 0.0697. The molecular formula is C12H11ClN2O3. The van der Waals surface area contributed by atoms with Crippen LogP contribution in [0.3, 0.4) is 0 Å². The molecule has 0 fully saturated rings. The van der Waals surface area contributed by atoms with Crippen molar-refractivity contribution < 1.29 is 14.3 Å². The van der Waals surface area contributed by atoms with Crippen LogP contribution in [0, 0.1) is 0 Å². The molecule has 0 amide bonds. The second kappa shape index (κ2) is 5.55. The number of carbonyl (C=O) groups is 1. The lowest BCUT2D eigenvalue weighted by Gasteiger charge is -2.05. The number of hydrogen-bond donors (Lipinski definition) is 2. The Morgan fingerprint density at radius 2 is 2.33 bits per heavy atom. The van der Waals surface area contributed by atoms with Gasteiger partial charge in [-0.25, -0.2) is 9.78 Å². The zero-order valence-electron chi connectivity index (χ0n) is 9.39. The predicted octanol–water partition coefficient (Wildman–Crippen LogP) is 2.68. The molecule has 0 spiro atoms. The van der Waals surface area contributed by atoms with Crippen molar-refractivity contribution in [2.24, 2.45) is 0 Å². The van der Waals surface area contributed by atoms with Crippen molar-refractivity contribution in [2.45, 2.75) is 6.42 Å². The number of anilines is 1. The van der Waals surface area contributed by atoms with Crippen LogP contribution in [-0.4, -0.2) is 22.6 Å². The predicted molar refractivity (Wildman–Crippen MR) is 67.1 cm³/mol. The topological polar surface area (TPSA) is 75.4 Å². The minimum atomic E-state index is -1.03. The molecule has 6 heteroatoms. The third-order valence-electron chi connectivity index (χ3n) is 2.30. The molecule has 2 aromatic rings. The number of carboxylic acids is 1. The van der Waals surface area contributed by atoms with Crippen LogP contribution in [0.15, 0.2) is 34.9 Å². The summed E-state index contributed by atoms with van der Waals surface area (Å²) < 4.78 is 5.18. The molecule has 94 valence electrons. The number of carboxylic acid groups (broad SMARTS) is 1. The maximum absolute atomic E-state index is 10.8. The molecule has 0 radical (unpaired) electrons. The average Bonchev–Trinajstić information content (AvgIpc) is 2.81. The number of halogens is 1. The number of hydrogen-bond acceptors (Lipinski definition) is 4. The molecule has 0 aliphatic carbocycles. The van der Waals surface area contributed by atoms with Crippen LogP contribution in [0.2, 0.25) is 5.15 Å². The first-order valence-electron chi connectivity index (χ1n) is 5.32. The van der Waals surface area contributed by atoms with Gasteiger partial charge in [0, 0.05) is 13.0 Å². The Bertz CT molecular complexity index is 540. The van der Waals surface area contributed by atoms with E-state index in [2.05, 4.69) is 10.3 Å². The highest BCUT2D eigenvalue weighted by molar-refractivity contribution is 6.29. The summed E-state index contributed by atoms with van der Waals surface area (Å²) in [5.74, 6) is 0.253. The summed E-state index contributed by atoms with van der Waals surface area (Å²) in [6.45, 7) is 0.583. The molecule has 0 bridgehead atoms. The Hall–Kier alpha value is -2.01. The molecule has 0 saturated carbocycles. The van der Waals surface area contributed by atoms with Crippen LogP contribution >= 0.6 is 11.6 Å². The largest absolute Gasteiger partial charge is 0.478 e. The second-order valence-electron chi connectivity index (χ2n) is 3.63. The van der Waals surface area contributed by atoms with Crippen LogP contribution in [0.25, 0.3) is 0 Å². The fourth-order valence-corrected chi connectivity index (χ4v) is 1.69. The van der Waals surface area contributed by atoms with E-state index >= 15 is 0 Å². The molecule has 2 rings (SSSR count). The van der Waals surface area contributed by atoms with Crippen LogP contribution in [0.1, 0.15) is 16.1 Å². The minimum Gasteiger partial charge on any atom is -0.478 e. The first-order chi connectivity index (χ1) is 8.65. The number of rotatable bonds is 5. The number of aromatic carboxylic acids is 1. The van der Waals surface area contributed by atoms with Gasteiger partial charge in [-0.15, -0.1) is 0 Å². The molecule has 0 saturated heterocycles. The monoisotopic (exact) mass is 266 g/mol. The standard InChI is InChI=1S/C12H11ClN2O3/c13-10-6-8(12(16)17)7-11(15-10)14-4-3-9-2-1-5-18-9/h1-2,5-7H,3-4H2,(H,14,15)(H,16,17). The summed E-state index contributed by atoms with van der Waals surface area (Å²) in [6, 6.07) is 6.43. The molecule has 2 heterocycles. The first-order valence-corrected chi connectivity index (χ1v) is 5.70. The minimum absolute atomic E-state index is 0.107. The van der Waals surface area contributed by atoms with Crippen molar-refractivity contribution in [3.05, 3.63) is 47.0 Å². The molecule has 2 aromatic heterocycles. The van der Waals surface area contributed by atoms with E-state index < -0.39 is 5.97 Å². The van der Waals surface area contributed by atoms with Gasteiger partial charge in [-0.1, -0.05) is 11.6 Å². The van der Waals surface area contributed by atoms with Gasteiger partial charge in [0.25, 0.3) is 0 Å². The van der Waals surface area contributed by atoms with Gasteiger partial charge < -0.3 is 14.8 Å². The second-order valence-corrected chi connectivity index (χ2v) is 4.01. The van der Waals surface area contributed by atoms with Gasteiger partial charge in [-0.3, -0.25) is 0 Å². The van der Waals surface area contributed by atoms with Crippen molar-refractivity contribution in [3.63, 3.8) is 0 Å². The van der Waals surface area contributed by atoms with Crippen molar-refractivity contribution >= 4 is 23.4 Å². The molecule has 2 N–H and O–H groups in total. The van der Waals surface area contributed by atoms with Crippen LogP contribution in [0.4, 0.5) is 5.82 Å². The smallest absolute Gasteiger partial charge is 0.335 e. The van der Waals surface area contributed by atoms with E-state index in [-0.39, 0.29) is 10.7 Å². The Labute approximate surface area is 108 Å². The van der Waals surface area contributed by atoms with Gasteiger partial charge >= 0.3 is 5.97 Å². The average molecular weight is 267 g/mol. The van der Waals surface area contributed by atoms with Crippen LogP contribution in [0.5, 0.6) is 0 Å². The molecule has 18 heavy (non-hydrogen) atoms. The SMILES string of the molecule is O=C(O)c1cc(Cl)nc(NCCc2ccco2)c1. The van der Waals surface area contributed by atoms with Crippen LogP contribution < -0.4 is 5.32 Å². The Morgan fingerprint density at radius 3 is 3.00 bits per heavy atom. The molecular weight excluding hydrogens is 256 g/mol. The summed E-state index contributed by atoms with van der Waals surface area (Å²) in [5, 5.41) is 12.0. The van der Waals surface area contributed by atoms with E-state index in [9.17, 15) is 4.79 Å². The van der Waals surface area contributed by atoms with Gasteiger partial charge in [0.15, 0.2) is 0 Å². The van der Waals surface area contributed by atoms with Gasteiger partial charge in [0.05, 0.1) is 11.8 Å². The fraction of sp³-hybridized carbons (Fsp3) is 0.167. The molecule has 0 atom stereocenters. The van der Waals surface area contributed by atoms with Gasteiger partial charge in [0.2, 0.25) is 0 Å². The normalized spacial score (nSPS) is 10.3. The number of pyridine rings is 1. The maximum atomic E-state index is 10.8. The summed E-state index contributed by atoms with van der Waals surface area (Å²) in [7, 11) is 0. The highest BCUT2D eigenvalue weighted by atomic mass is 35.5. The molecule has 0 unspecified atom stereocenters. The summed E-state index contributed by atoms with van der Waals surface area (Å²) in [6.07, 6.45) is 2.29.